The summed E-state index contributed by atoms with van der Waals surface area (Å²) in [4.78, 5) is 28.2. The Balaban J connectivity index is 1.63. The summed E-state index contributed by atoms with van der Waals surface area (Å²) in [6.07, 6.45) is 5.35. The number of ketones is 1. The highest BCUT2D eigenvalue weighted by Crippen LogP contribution is 2.30. The Morgan fingerprint density at radius 3 is 2.47 bits per heavy atom. The van der Waals surface area contributed by atoms with Crippen LogP contribution >= 0.6 is 0 Å². The van der Waals surface area contributed by atoms with Crippen molar-refractivity contribution in [3.63, 3.8) is 0 Å². The van der Waals surface area contributed by atoms with E-state index in [0.29, 0.717) is 0 Å². The number of aryl methyl sites for hydroxylation is 1. The van der Waals surface area contributed by atoms with Gasteiger partial charge in [-0.3, -0.25) is 9.59 Å². The summed E-state index contributed by atoms with van der Waals surface area (Å²) in [5.41, 5.74) is 0.0962. The minimum atomic E-state index is -1.62. The monoisotopic (exact) mass is 417 g/mol. The topological polar surface area (TPSA) is 88.0 Å². The molecule has 1 aliphatic carbocycles. The molecule has 1 aromatic carbocycles. The summed E-state index contributed by atoms with van der Waals surface area (Å²) < 4.78 is 45.6. The van der Waals surface area contributed by atoms with E-state index in [4.69, 9.17) is 4.52 Å². The number of nitrogens with one attached hydrogen (secondary N) is 2. The maximum absolute atomic E-state index is 13.6. The van der Waals surface area contributed by atoms with Crippen LogP contribution in [0.1, 0.15) is 57.9 Å². The fourth-order valence-electron chi connectivity index (χ4n) is 3.66. The molecule has 2 aromatic heterocycles. The van der Waals surface area contributed by atoms with Crippen molar-refractivity contribution in [1.82, 2.24) is 15.5 Å². The summed E-state index contributed by atoms with van der Waals surface area (Å²) in [5.74, 6) is -5.17. The van der Waals surface area contributed by atoms with Crippen LogP contribution in [-0.2, 0) is 0 Å². The maximum Gasteiger partial charge on any atom is 0.267 e. The molecule has 0 bridgehead atoms. The highest BCUT2D eigenvalue weighted by atomic mass is 19.2. The SMILES string of the molecule is Cc1onc(-c2cc(F)c(F)c(F)c2)c1C(=O)c1c[nH]c(C(=O)NC2CCCC2)c1. The second-order valence-electron chi connectivity index (χ2n) is 7.30. The van der Waals surface area contributed by atoms with E-state index >= 15 is 0 Å². The third kappa shape index (κ3) is 3.62. The van der Waals surface area contributed by atoms with E-state index in [2.05, 4.69) is 15.5 Å². The zero-order chi connectivity index (χ0) is 21.4. The molecule has 0 atom stereocenters. The van der Waals surface area contributed by atoms with Crippen LogP contribution in [-0.4, -0.2) is 27.9 Å². The molecule has 1 aliphatic rings. The first kappa shape index (κ1) is 19.9. The number of carbonyl (C=O) groups excluding carboxylic acids is 2. The van der Waals surface area contributed by atoms with Gasteiger partial charge in [0.15, 0.2) is 23.2 Å². The molecule has 9 heteroatoms. The molecule has 1 amide bonds. The van der Waals surface area contributed by atoms with Gasteiger partial charge in [0.05, 0.1) is 5.56 Å². The smallest absolute Gasteiger partial charge is 0.267 e. The molecule has 0 unspecified atom stereocenters. The number of hydrogen-bond donors (Lipinski definition) is 2. The highest BCUT2D eigenvalue weighted by Gasteiger charge is 2.26. The number of hydrogen-bond acceptors (Lipinski definition) is 4. The molecule has 4 rings (SSSR count). The molecule has 1 saturated carbocycles. The molecule has 0 spiro atoms. The summed E-state index contributed by atoms with van der Waals surface area (Å²) >= 11 is 0. The minimum absolute atomic E-state index is 0.0258. The largest absolute Gasteiger partial charge is 0.360 e. The first-order chi connectivity index (χ1) is 14.3. The molecule has 156 valence electrons. The van der Waals surface area contributed by atoms with Crippen LogP contribution in [0.25, 0.3) is 11.3 Å². The van der Waals surface area contributed by atoms with E-state index < -0.39 is 23.2 Å². The van der Waals surface area contributed by atoms with Crippen LogP contribution in [0.4, 0.5) is 13.2 Å². The van der Waals surface area contributed by atoms with E-state index in [1.807, 2.05) is 0 Å². The van der Waals surface area contributed by atoms with Crippen molar-refractivity contribution in [2.24, 2.45) is 0 Å². The highest BCUT2D eigenvalue weighted by molar-refractivity contribution is 6.13. The standard InChI is InChI=1S/C21H18F3N3O3/c1-10-17(19(27-30-10)11-6-14(22)18(24)15(23)7-11)20(28)12-8-16(25-9-12)21(29)26-13-4-2-3-5-13/h6-9,13,25H,2-5H2,1H3,(H,26,29). The Hall–Kier alpha value is -3.36. The van der Waals surface area contributed by atoms with Crippen molar-refractivity contribution in [2.45, 2.75) is 38.6 Å². The Bertz CT molecular complexity index is 1110. The van der Waals surface area contributed by atoms with Gasteiger partial charge < -0.3 is 14.8 Å². The Kier molecular flexibility index (Phi) is 5.19. The second kappa shape index (κ2) is 7.81. The van der Waals surface area contributed by atoms with Gasteiger partial charge >= 0.3 is 0 Å². The third-order valence-corrected chi connectivity index (χ3v) is 5.23. The predicted octanol–water partition coefficient (Wildman–Crippen LogP) is 4.30. The average molecular weight is 417 g/mol. The summed E-state index contributed by atoms with van der Waals surface area (Å²) in [6, 6.07) is 3.00. The van der Waals surface area contributed by atoms with Crippen molar-refractivity contribution < 1.29 is 27.3 Å². The molecule has 2 N–H and O–H groups in total. The van der Waals surface area contributed by atoms with Crippen molar-refractivity contribution in [2.75, 3.05) is 0 Å². The summed E-state index contributed by atoms with van der Waals surface area (Å²) in [6.45, 7) is 1.47. The molecule has 6 nitrogen and oxygen atoms in total. The van der Waals surface area contributed by atoms with Crippen LogP contribution in [0.15, 0.2) is 28.9 Å². The molecule has 1 fully saturated rings. The number of aromatic nitrogens is 2. The van der Waals surface area contributed by atoms with Crippen LogP contribution in [0.2, 0.25) is 0 Å². The molecule has 0 saturated heterocycles. The lowest BCUT2D eigenvalue weighted by Gasteiger charge is -2.10. The van der Waals surface area contributed by atoms with Gasteiger partial charge in [0.1, 0.15) is 17.1 Å². The molecular formula is C21H18F3N3O3. The third-order valence-electron chi connectivity index (χ3n) is 5.23. The molecule has 0 aliphatic heterocycles. The van der Waals surface area contributed by atoms with Crippen molar-refractivity contribution in [3.05, 3.63) is 64.4 Å². The number of aromatic amines is 1. The van der Waals surface area contributed by atoms with Crippen LogP contribution < -0.4 is 5.32 Å². The van der Waals surface area contributed by atoms with Gasteiger partial charge in [-0.1, -0.05) is 18.0 Å². The predicted molar refractivity (Wildman–Crippen MR) is 100 cm³/mol. The van der Waals surface area contributed by atoms with E-state index in [1.54, 1.807) is 0 Å². The van der Waals surface area contributed by atoms with Gasteiger partial charge in [0.25, 0.3) is 5.91 Å². The van der Waals surface area contributed by atoms with Crippen molar-refractivity contribution in [1.29, 1.82) is 0 Å². The van der Waals surface area contributed by atoms with Crippen molar-refractivity contribution in [3.8, 4) is 11.3 Å². The number of carbonyl (C=O) groups is 2. The van der Waals surface area contributed by atoms with Gasteiger partial charge in [-0.2, -0.15) is 0 Å². The van der Waals surface area contributed by atoms with Crippen LogP contribution in [0.5, 0.6) is 0 Å². The average Bonchev–Trinajstić information content (AvgIpc) is 3.46. The van der Waals surface area contributed by atoms with Gasteiger partial charge in [-0.25, -0.2) is 13.2 Å². The lowest BCUT2D eigenvalue weighted by atomic mass is 9.99. The fourth-order valence-corrected chi connectivity index (χ4v) is 3.66. The Labute approximate surface area is 169 Å². The first-order valence-corrected chi connectivity index (χ1v) is 9.50. The lowest BCUT2D eigenvalue weighted by molar-refractivity contribution is 0.0933. The van der Waals surface area contributed by atoms with Crippen molar-refractivity contribution >= 4 is 11.7 Å². The second-order valence-corrected chi connectivity index (χ2v) is 7.30. The number of amides is 1. The Morgan fingerprint density at radius 1 is 1.13 bits per heavy atom. The van der Waals surface area contributed by atoms with Gasteiger partial charge in [-0.05, 0) is 38.0 Å². The number of rotatable bonds is 5. The van der Waals surface area contributed by atoms with Gasteiger partial charge in [0, 0.05) is 23.4 Å². The lowest BCUT2D eigenvalue weighted by Crippen LogP contribution is -2.32. The Morgan fingerprint density at radius 2 is 1.80 bits per heavy atom. The van der Waals surface area contributed by atoms with E-state index in [9.17, 15) is 22.8 Å². The first-order valence-electron chi connectivity index (χ1n) is 9.50. The number of nitrogens with zero attached hydrogens (tertiary/aromatic N) is 1. The van der Waals surface area contributed by atoms with E-state index in [1.165, 1.54) is 19.2 Å². The van der Waals surface area contributed by atoms with Gasteiger partial charge in [-0.15, -0.1) is 0 Å². The van der Waals surface area contributed by atoms with E-state index in [-0.39, 0.29) is 45.8 Å². The number of benzene rings is 1. The maximum atomic E-state index is 13.6. The quantitative estimate of drug-likeness (QED) is 0.479. The molecule has 3 aromatic rings. The summed E-state index contributed by atoms with van der Waals surface area (Å²) in [5, 5.41) is 6.63. The van der Waals surface area contributed by atoms with E-state index in [0.717, 1.165) is 37.8 Å². The zero-order valence-corrected chi connectivity index (χ0v) is 16.0. The molecular weight excluding hydrogens is 399 g/mol. The zero-order valence-electron chi connectivity index (χ0n) is 16.0. The van der Waals surface area contributed by atoms with Crippen LogP contribution in [0.3, 0.4) is 0 Å². The molecule has 0 radical (unpaired) electrons. The summed E-state index contributed by atoms with van der Waals surface area (Å²) in [7, 11) is 0. The van der Waals surface area contributed by atoms with Crippen LogP contribution in [0, 0.1) is 24.4 Å². The molecule has 30 heavy (non-hydrogen) atoms. The fraction of sp³-hybridized carbons (Fsp3) is 0.286. The van der Waals surface area contributed by atoms with Gasteiger partial charge in [0.2, 0.25) is 0 Å². The number of halogens is 3. The minimum Gasteiger partial charge on any atom is -0.360 e. The normalized spacial score (nSPS) is 14.3. The number of H-pyrrole nitrogens is 1. The molecule has 2 heterocycles.